The standard InChI is InChI=1S/C26H39N5O3/c1-5-19-10-8-9-15-31(19)24(33)16-22(28-23(32)14-13-17(2)3)26(34)27-18(4)25-29-20-11-6-7-12-21(20)30-25/h6-7,11-12,17-19,22H,5,8-10,13-16H2,1-4H3,(H,27,34)(H,28,32)(H,29,30)/t18-,19?,22?/m0/s1. The third-order valence-electron chi connectivity index (χ3n) is 6.57. The predicted molar refractivity (Wildman–Crippen MR) is 133 cm³/mol. The van der Waals surface area contributed by atoms with Crippen molar-refractivity contribution in [3.8, 4) is 0 Å². The Labute approximate surface area is 202 Å². The number of hydrogen-bond acceptors (Lipinski definition) is 4. The number of imidazole rings is 1. The summed E-state index contributed by atoms with van der Waals surface area (Å²) in [6.45, 7) is 8.74. The first-order chi connectivity index (χ1) is 16.3. The lowest BCUT2D eigenvalue weighted by Crippen LogP contribution is -2.52. The van der Waals surface area contributed by atoms with Gasteiger partial charge in [-0.15, -0.1) is 0 Å². The summed E-state index contributed by atoms with van der Waals surface area (Å²) in [7, 11) is 0. The Morgan fingerprint density at radius 3 is 2.62 bits per heavy atom. The molecule has 34 heavy (non-hydrogen) atoms. The highest BCUT2D eigenvalue weighted by Gasteiger charge is 2.31. The summed E-state index contributed by atoms with van der Waals surface area (Å²) in [6, 6.07) is 6.56. The van der Waals surface area contributed by atoms with Gasteiger partial charge in [0.1, 0.15) is 11.9 Å². The van der Waals surface area contributed by atoms with Gasteiger partial charge in [0, 0.05) is 19.0 Å². The van der Waals surface area contributed by atoms with Crippen LogP contribution in [0.5, 0.6) is 0 Å². The third-order valence-corrected chi connectivity index (χ3v) is 6.57. The second-order valence-corrected chi connectivity index (χ2v) is 9.77. The number of likely N-dealkylation sites (tertiary alicyclic amines) is 1. The van der Waals surface area contributed by atoms with Gasteiger partial charge >= 0.3 is 0 Å². The molecule has 2 aromatic rings. The highest BCUT2D eigenvalue weighted by molar-refractivity contribution is 5.92. The quantitative estimate of drug-likeness (QED) is 0.491. The van der Waals surface area contributed by atoms with Crippen molar-refractivity contribution in [1.82, 2.24) is 25.5 Å². The Hall–Kier alpha value is -2.90. The number of benzene rings is 1. The van der Waals surface area contributed by atoms with E-state index in [9.17, 15) is 14.4 Å². The first-order valence-corrected chi connectivity index (χ1v) is 12.6. The highest BCUT2D eigenvalue weighted by Crippen LogP contribution is 2.21. The molecule has 3 N–H and O–H groups in total. The van der Waals surface area contributed by atoms with Crippen molar-refractivity contribution in [2.24, 2.45) is 5.92 Å². The fourth-order valence-corrected chi connectivity index (χ4v) is 4.50. The molecule has 1 saturated heterocycles. The molecule has 186 valence electrons. The van der Waals surface area contributed by atoms with Gasteiger partial charge in [0.05, 0.1) is 23.5 Å². The number of hydrogen-bond donors (Lipinski definition) is 3. The summed E-state index contributed by atoms with van der Waals surface area (Å²) in [5.41, 5.74) is 1.71. The lowest BCUT2D eigenvalue weighted by molar-refractivity contribution is -0.139. The molecule has 1 aromatic carbocycles. The number of rotatable bonds is 10. The summed E-state index contributed by atoms with van der Waals surface area (Å²) in [5.74, 6) is 0.361. The molecule has 2 unspecified atom stereocenters. The molecule has 1 fully saturated rings. The molecule has 2 heterocycles. The van der Waals surface area contributed by atoms with E-state index in [0.29, 0.717) is 24.7 Å². The Morgan fingerprint density at radius 2 is 1.91 bits per heavy atom. The van der Waals surface area contributed by atoms with Gasteiger partial charge in [-0.3, -0.25) is 14.4 Å². The average molecular weight is 470 g/mol. The number of aromatic amines is 1. The van der Waals surface area contributed by atoms with Crippen LogP contribution in [0.2, 0.25) is 0 Å². The van der Waals surface area contributed by atoms with E-state index in [0.717, 1.165) is 43.1 Å². The van der Waals surface area contributed by atoms with Crippen molar-refractivity contribution in [3.63, 3.8) is 0 Å². The maximum atomic E-state index is 13.2. The van der Waals surface area contributed by atoms with Crippen LogP contribution < -0.4 is 10.6 Å². The van der Waals surface area contributed by atoms with Crippen molar-refractivity contribution in [3.05, 3.63) is 30.1 Å². The number of nitrogens with zero attached hydrogens (tertiary/aromatic N) is 2. The van der Waals surface area contributed by atoms with Crippen LogP contribution in [0.1, 0.15) is 84.5 Å². The molecule has 1 aliphatic heterocycles. The number of fused-ring (bicyclic) bond motifs is 1. The van der Waals surface area contributed by atoms with Crippen molar-refractivity contribution in [1.29, 1.82) is 0 Å². The monoisotopic (exact) mass is 469 g/mol. The molecule has 3 amide bonds. The smallest absolute Gasteiger partial charge is 0.243 e. The minimum Gasteiger partial charge on any atom is -0.345 e. The lowest BCUT2D eigenvalue weighted by atomic mass is 9.98. The predicted octanol–water partition coefficient (Wildman–Crippen LogP) is 3.84. The van der Waals surface area contributed by atoms with Gasteiger partial charge in [0.2, 0.25) is 17.7 Å². The first kappa shape index (κ1) is 25.7. The van der Waals surface area contributed by atoms with Crippen LogP contribution in [0.4, 0.5) is 0 Å². The zero-order valence-corrected chi connectivity index (χ0v) is 20.9. The third kappa shape index (κ3) is 6.81. The summed E-state index contributed by atoms with van der Waals surface area (Å²) in [4.78, 5) is 48.7. The van der Waals surface area contributed by atoms with E-state index >= 15 is 0 Å². The summed E-state index contributed by atoms with van der Waals surface area (Å²) in [5, 5.41) is 5.77. The zero-order chi connectivity index (χ0) is 24.7. The second kappa shape index (κ2) is 12.0. The number of piperidine rings is 1. The number of nitrogens with one attached hydrogen (secondary N) is 3. The Morgan fingerprint density at radius 1 is 1.15 bits per heavy atom. The van der Waals surface area contributed by atoms with Gasteiger partial charge in [-0.1, -0.05) is 32.9 Å². The van der Waals surface area contributed by atoms with Crippen molar-refractivity contribution in [2.75, 3.05) is 6.54 Å². The Balaban J connectivity index is 1.70. The van der Waals surface area contributed by atoms with E-state index < -0.39 is 12.1 Å². The number of carbonyl (C=O) groups is 3. The van der Waals surface area contributed by atoms with Crippen LogP contribution in [-0.2, 0) is 14.4 Å². The SMILES string of the molecule is CCC1CCCCN1C(=O)CC(NC(=O)CCC(C)C)C(=O)N[C@@H](C)c1nc2ccccc2[nH]1. The first-order valence-electron chi connectivity index (χ1n) is 12.6. The number of aromatic nitrogens is 2. The number of amides is 3. The molecular weight excluding hydrogens is 430 g/mol. The number of H-pyrrole nitrogens is 1. The van der Waals surface area contributed by atoms with E-state index in [1.807, 2.05) is 36.1 Å². The van der Waals surface area contributed by atoms with E-state index in [1.54, 1.807) is 0 Å². The minimum atomic E-state index is -0.918. The fraction of sp³-hybridized carbons (Fsp3) is 0.615. The summed E-state index contributed by atoms with van der Waals surface area (Å²) in [6.07, 6.45) is 5.00. The average Bonchev–Trinajstić information content (AvgIpc) is 3.26. The van der Waals surface area contributed by atoms with Gasteiger partial charge in [-0.05, 0) is 57.1 Å². The van der Waals surface area contributed by atoms with Crippen molar-refractivity contribution >= 4 is 28.8 Å². The molecule has 3 rings (SSSR count). The highest BCUT2D eigenvalue weighted by atomic mass is 16.2. The number of para-hydroxylation sites is 2. The normalized spacial score (nSPS) is 18.0. The maximum Gasteiger partial charge on any atom is 0.243 e. The molecule has 0 radical (unpaired) electrons. The van der Waals surface area contributed by atoms with E-state index in [4.69, 9.17) is 0 Å². The van der Waals surface area contributed by atoms with Crippen LogP contribution >= 0.6 is 0 Å². The maximum absolute atomic E-state index is 13.2. The molecule has 0 saturated carbocycles. The van der Waals surface area contributed by atoms with Crippen LogP contribution in [0.15, 0.2) is 24.3 Å². The van der Waals surface area contributed by atoms with E-state index in [-0.39, 0.29) is 30.2 Å². The van der Waals surface area contributed by atoms with Gasteiger partial charge in [-0.25, -0.2) is 4.98 Å². The number of carbonyl (C=O) groups excluding carboxylic acids is 3. The second-order valence-electron chi connectivity index (χ2n) is 9.77. The minimum absolute atomic E-state index is 0.0391. The molecule has 0 spiro atoms. The van der Waals surface area contributed by atoms with Crippen molar-refractivity contribution in [2.45, 2.75) is 90.8 Å². The molecule has 8 nitrogen and oxygen atoms in total. The van der Waals surface area contributed by atoms with Gasteiger partial charge in [-0.2, -0.15) is 0 Å². The Bertz CT molecular complexity index is 953. The zero-order valence-electron chi connectivity index (χ0n) is 20.9. The van der Waals surface area contributed by atoms with Crippen LogP contribution in [0, 0.1) is 5.92 Å². The molecule has 1 aromatic heterocycles. The molecule has 8 heteroatoms. The van der Waals surface area contributed by atoms with Crippen LogP contribution in [0.25, 0.3) is 11.0 Å². The largest absolute Gasteiger partial charge is 0.345 e. The van der Waals surface area contributed by atoms with Crippen molar-refractivity contribution < 1.29 is 14.4 Å². The van der Waals surface area contributed by atoms with Crippen LogP contribution in [0.3, 0.4) is 0 Å². The van der Waals surface area contributed by atoms with Gasteiger partial charge in [0.25, 0.3) is 0 Å². The fourth-order valence-electron chi connectivity index (χ4n) is 4.50. The topological polar surface area (TPSA) is 107 Å². The molecule has 0 aliphatic carbocycles. The molecule has 0 bridgehead atoms. The van der Waals surface area contributed by atoms with Gasteiger partial charge in [0.15, 0.2) is 0 Å². The summed E-state index contributed by atoms with van der Waals surface area (Å²) < 4.78 is 0. The van der Waals surface area contributed by atoms with Crippen LogP contribution in [-0.4, -0.2) is 51.2 Å². The lowest BCUT2D eigenvalue weighted by Gasteiger charge is -2.36. The molecular formula is C26H39N5O3. The Kier molecular flexibility index (Phi) is 9.07. The van der Waals surface area contributed by atoms with Gasteiger partial charge < -0.3 is 20.5 Å². The van der Waals surface area contributed by atoms with E-state index in [1.165, 1.54) is 0 Å². The summed E-state index contributed by atoms with van der Waals surface area (Å²) >= 11 is 0. The molecule has 3 atom stereocenters. The van der Waals surface area contributed by atoms with E-state index in [2.05, 4.69) is 41.4 Å². The molecule has 1 aliphatic rings.